The molecule has 2 rings (SSSR count). The summed E-state index contributed by atoms with van der Waals surface area (Å²) in [5.41, 5.74) is 2.25. The summed E-state index contributed by atoms with van der Waals surface area (Å²) in [4.78, 5) is 1.11. The molecule has 0 saturated heterocycles. The van der Waals surface area contributed by atoms with E-state index in [1.807, 2.05) is 25.1 Å². The van der Waals surface area contributed by atoms with E-state index in [9.17, 15) is 0 Å². The number of alkyl halides is 1. The van der Waals surface area contributed by atoms with Gasteiger partial charge in [0.2, 0.25) is 0 Å². The van der Waals surface area contributed by atoms with Crippen LogP contribution in [-0.2, 0) is 6.42 Å². The van der Waals surface area contributed by atoms with Crippen molar-refractivity contribution in [1.29, 1.82) is 0 Å². The molecule has 0 aliphatic rings. The van der Waals surface area contributed by atoms with Crippen molar-refractivity contribution in [3.05, 3.63) is 50.7 Å². The van der Waals surface area contributed by atoms with Crippen LogP contribution >= 0.6 is 34.5 Å². The largest absolute Gasteiger partial charge is 0.497 e. The Morgan fingerprint density at radius 2 is 2.11 bits per heavy atom. The van der Waals surface area contributed by atoms with Crippen LogP contribution in [0.3, 0.4) is 0 Å². The first-order valence-corrected chi connectivity index (χ1v) is 7.26. The Kier molecular flexibility index (Phi) is 4.55. The fourth-order valence-electron chi connectivity index (χ4n) is 1.74. The van der Waals surface area contributed by atoms with E-state index in [0.29, 0.717) is 0 Å². The van der Waals surface area contributed by atoms with Crippen molar-refractivity contribution in [2.45, 2.75) is 18.7 Å². The molecule has 0 aliphatic carbocycles. The summed E-state index contributed by atoms with van der Waals surface area (Å²) in [6, 6.07) is 10.0. The lowest BCUT2D eigenvalue weighted by Crippen LogP contribution is -1.94. The molecule has 2 aromatic rings. The molecule has 0 aliphatic heterocycles. The van der Waals surface area contributed by atoms with E-state index in [1.54, 1.807) is 18.4 Å². The molecule has 0 spiro atoms. The van der Waals surface area contributed by atoms with Crippen LogP contribution in [0.25, 0.3) is 0 Å². The predicted molar refractivity (Wildman–Crippen MR) is 79.4 cm³/mol. The summed E-state index contributed by atoms with van der Waals surface area (Å²) in [5, 5.41) is -0.0479. The van der Waals surface area contributed by atoms with Gasteiger partial charge in [-0.05, 0) is 42.7 Å². The quantitative estimate of drug-likeness (QED) is 0.702. The van der Waals surface area contributed by atoms with Crippen LogP contribution in [0, 0.1) is 6.92 Å². The zero-order chi connectivity index (χ0) is 13.1. The van der Waals surface area contributed by atoms with Crippen LogP contribution in [0.1, 0.15) is 21.4 Å². The van der Waals surface area contributed by atoms with E-state index in [1.165, 1.54) is 0 Å². The Hall–Kier alpha value is -0.700. The number of ether oxygens (including phenoxy) is 1. The lowest BCUT2D eigenvalue weighted by atomic mass is 10.1. The normalized spacial score (nSPS) is 12.4. The van der Waals surface area contributed by atoms with Gasteiger partial charge < -0.3 is 4.74 Å². The molecular weight excluding hydrogens is 287 g/mol. The molecule has 0 bridgehead atoms. The van der Waals surface area contributed by atoms with Crippen molar-refractivity contribution >= 4 is 34.5 Å². The van der Waals surface area contributed by atoms with E-state index in [2.05, 4.69) is 12.1 Å². The lowest BCUT2D eigenvalue weighted by molar-refractivity contribution is 0.414. The van der Waals surface area contributed by atoms with Gasteiger partial charge in [-0.2, -0.15) is 0 Å². The molecule has 0 fully saturated rings. The molecule has 18 heavy (non-hydrogen) atoms. The fraction of sp³-hybridized carbons (Fsp3) is 0.286. The van der Waals surface area contributed by atoms with Gasteiger partial charge in [-0.15, -0.1) is 22.9 Å². The molecule has 1 aromatic heterocycles. The Morgan fingerprint density at radius 1 is 1.33 bits per heavy atom. The fourth-order valence-corrected chi connectivity index (χ4v) is 3.32. The zero-order valence-electron chi connectivity index (χ0n) is 10.2. The average molecular weight is 301 g/mol. The van der Waals surface area contributed by atoms with Crippen LogP contribution in [-0.4, -0.2) is 7.11 Å². The molecule has 0 amide bonds. The highest BCUT2D eigenvalue weighted by atomic mass is 35.5. The Balaban J connectivity index is 2.13. The highest BCUT2D eigenvalue weighted by molar-refractivity contribution is 7.16. The molecular formula is C14H14Cl2OS. The highest BCUT2D eigenvalue weighted by Crippen LogP contribution is 2.36. The topological polar surface area (TPSA) is 9.23 Å². The molecule has 1 aromatic carbocycles. The maximum absolute atomic E-state index is 6.43. The monoisotopic (exact) mass is 300 g/mol. The molecule has 1 atom stereocenters. The molecule has 4 heteroatoms. The smallest absolute Gasteiger partial charge is 0.119 e. The Labute approximate surface area is 121 Å². The third-order valence-corrected chi connectivity index (χ3v) is 4.92. The van der Waals surface area contributed by atoms with Gasteiger partial charge in [0, 0.05) is 4.88 Å². The number of rotatable bonds is 4. The summed E-state index contributed by atoms with van der Waals surface area (Å²) in [5.74, 6) is 0.858. The average Bonchev–Trinajstić information content (AvgIpc) is 2.70. The van der Waals surface area contributed by atoms with Crippen LogP contribution in [0.2, 0.25) is 4.34 Å². The third kappa shape index (κ3) is 3.19. The van der Waals surface area contributed by atoms with Gasteiger partial charge in [0.15, 0.2) is 0 Å². The van der Waals surface area contributed by atoms with Crippen molar-refractivity contribution < 1.29 is 4.74 Å². The van der Waals surface area contributed by atoms with Crippen molar-refractivity contribution in [3.8, 4) is 5.75 Å². The number of methoxy groups -OCH3 is 1. The third-order valence-electron chi connectivity index (χ3n) is 2.73. The lowest BCUT2D eigenvalue weighted by Gasteiger charge is -2.08. The minimum Gasteiger partial charge on any atom is -0.497 e. The second-order valence-corrected chi connectivity index (χ2v) is 6.34. The van der Waals surface area contributed by atoms with Crippen LogP contribution in [0.5, 0.6) is 5.75 Å². The van der Waals surface area contributed by atoms with Crippen LogP contribution < -0.4 is 4.74 Å². The van der Waals surface area contributed by atoms with E-state index >= 15 is 0 Å². The minimum atomic E-state index is -0.0479. The standard InChI is InChI=1S/C14H14Cl2OS/c1-9-6-13(18-14(9)16)12(15)8-10-4-3-5-11(7-10)17-2/h3-7,12H,8H2,1-2H3. The summed E-state index contributed by atoms with van der Waals surface area (Å²) >= 11 is 14.1. The van der Waals surface area contributed by atoms with Crippen LogP contribution in [0.15, 0.2) is 30.3 Å². The number of thiophene rings is 1. The molecule has 0 N–H and O–H groups in total. The van der Waals surface area contributed by atoms with Gasteiger partial charge in [0.25, 0.3) is 0 Å². The summed E-state index contributed by atoms with van der Waals surface area (Å²) in [6.07, 6.45) is 0.773. The number of aryl methyl sites for hydroxylation is 1. The first-order valence-electron chi connectivity index (χ1n) is 5.63. The Bertz CT molecular complexity index is 517. The second kappa shape index (κ2) is 5.96. The number of benzene rings is 1. The van der Waals surface area contributed by atoms with Gasteiger partial charge >= 0.3 is 0 Å². The highest BCUT2D eigenvalue weighted by Gasteiger charge is 2.13. The number of hydrogen-bond acceptors (Lipinski definition) is 2. The van der Waals surface area contributed by atoms with E-state index in [4.69, 9.17) is 27.9 Å². The first-order chi connectivity index (χ1) is 8.60. The maximum atomic E-state index is 6.43. The minimum absolute atomic E-state index is 0.0479. The van der Waals surface area contributed by atoms with Gasteiger partial charge in [0.1, 0.15) is 5.75 Å². The molecule has 1 unspecified atom stereocenters. The summed E-state index contributed by atoms with van der Waals surface area (Å²) in [7, 11) is 1.67. The molecule has 0 saturated carbocycles. The number of halogens is 2. The summed E-state index contributed by atoms with van der Waals surface area (Å²) < 4.78 is 6.02. The van der Waals surface area contributed by atoms with Gasteiger partial charge in [-0.1, -0.05) is 23.7 Å². The second-order valence-electron chi connectivity index (χ2n) is 4.13. The Morgan fingerprint density at radius 3 is 2.72 bits per heavy atom. The summed E-state index contributed by atoms with van der Waals surface area (Å²) in [6.45, 7) is 2.00. The van der Waals surface area contributed by atoms with E-state index in [-0.39, 0.29) is 5.38 Å². The zero-order valence-corrected chi connectivity index (χ0v) is 12.6. The van der Waals surface area contributed by atoms with E-state index < -0.39 is 0 Å². The number of hydrogen-bond donors (Lipinski definition) is 0. The molecule has 1 nitrogen and oxygen atoms in total. The van der Waals surface area contributed by atoms with Gasteiger partial charge in [-0.3, -0.25) is 0 Å². The van der Waals surface area contributed by atoms with E-state index in [0.717, 1.165) is 32.5 Å². The van der Waals surface area contributed by atoms with Gasteiger partial charge in [0.05, 0.1) is 16.8 Å². The van der Waals surface area contributed by atoms with Crippen molar-refractivity contribution in [2.75, 3.05) is 7.11 Å². The van der Waals surface area contributed by atoms with Gasteiger partial charge in [-0.25, -0.2) is 0 Å². The van der Waals surface area contributed by atoms with Crippen molar-refractivity contribution in [2.24, 2.45) is 0 Å². The molecule has 1 heterocycles. The first kappa shape index (κ1) is 13.7. The predicted octanol–water partition coefficient (Wildman–Crippen LogP) is 5.24. The van der Waals surface area contributed by atoms with Crippen LogP contribution in [0.4, 0.5) is 0 Å². The SMILES string of the molecule is COc1cccc(CC(Cl)c2cc(C)c(Cl)s2)c1. The molecule has 0 radical (unpaired) electrons. The van der Waals surface area contributed by atoms with Crippen molar-refractivity contribution in [3.63, 3.8) is 0 Å². The van der Waals surface area contributed by atoms with Crippen molar-refractivity contribution in [1.82, 2.24) is 0 Å². The maximum Gasteiger partial charge on any atom is 0.119 e. The molecule has 96 valence electrons.